The Kier molecular flexibility index (Phi) is 2.44. The molecule has 1 aromatic carbocycles. The normalized spacial score (nSPS) is 10.0. The van der Waals surface area contributed by atoms with Crippen LogP contribution in [0.5, 0.6) is 5.75 Å². The van der Waals surface area contributed by atoms with Gasteiger partial charge in [0.2, 0.25) is 0 Å². The van der Waals surface area contributed by atoms with Crippen molar-refractivity contribution in [2.45, 2.75) is 6.54 Å². The van der Waals surface area contributed by atoms with E-state index in [1.165, 1.54) is 6.07 Å². The SMILES string of the molecule is CNCc1ccc(F)cc1O. The molecule has 11 heavy (non-hydrogen) atoms. The van der Waals surface area contributed by atoms with Crippen LogP contribution >= 0.6 is 0 Å². The third kappa shape index (κ3) is 1.91. The van der Waals surface area contributed by atoms with Gasteiger partial charge in [-0.1, -0.05) is 6.07 Å². The van der Waals surface area contributed by atoms with Crippen LogP contribution in [0, 0.1) is 5.82 Å². The van der Waals surface area contributed by atoms with E-state index in [4.69, 9.17) is 5.11 Å². The molecule has 0 saturated heterocycles. The summed E-state index contributed by atoms with van der Waals surface area (Å²) in [5.41, 5.74) is 0.703. The van der Waals surface area contributed by atoms with Crippen LogP contribution in [-0.4, -0.2) is 12.2 Å². The van der Waals surface area contributed by atoms with Crippen LogP contribution in [0.4, 0.5) is 4.39 Å². The Hall–Kier alpha value is -1.09. The molecule has 0 radical (unpaired) electrons. The van der Waals surface area contributed by atoms with Crippen LogP contribution in [0.25, 0.3) is 0 Å². The van der Waals surface area contributed by atoms with Crippen LogP contribution in [0.1, 0.15) is 5.56 Å². The molecular formula is C8H10FNO. The molecule has 0 unspecified atom stereocenters. The Bertz CT molecular complexity index is 250. The van der Waals surface area contributed by atoms with Crippen molar-refractivity contribution in [3.8, 4) is 5.75 Å². The van der Waals surface area contributed by atoms with Gasteiger partial charge < -0.3 is 10.4 Å². The summed E-state index contributed by atoms with van der Waals surface area (Å²) in [4.78, 5) is 0. The van der Waals surface area contributed by atoms with Crippen molar-refractivity contribution < 1.29 is 9.50 Å². The van der Waals surface area contributed by atoms with Crippen molar-refractivity contribution in [3.05, 3.63) is 29.6 Å². The predicted octanol–water partition coefficient (Wildman–Crippen LogP) is 1.25. The van der Waals surface area contributed by atoms with Gasteiger partial charge in [0, 0.05) is 18.2 Å². The van der Waals surface area contributed by atoms with Gasteiger partial charge in [-0.25, -0.2) is 4.39 Å². The lowest BCUT2D eigenvalue weighted by Gasteiger charge is -2.02. The third-order valence-electron chi connectivity index (χ3n) is 1.41. The molecule has 0 aliphatic heterocycles. The van der Waals surface area contributed by atoms with Crippen molar-refractivity contribution >= 4 is 0 Å². The van der Waals surface area contributed by atoms with Gasteiger partial charge in [0.15, 0.2) is 0 Å². The second kappa shape index (κ2) is 3.34. The molecule has 3 heteroatoms. The fraction of sp³-hybridized carbons (Fsp3) is 0.250. The molecule has 0 spiro atoms. The average Bonchev–Trinajstić information content (AvgIpc) is 1.95. The molecule has 60 valence electrons. The van der Waals surface area contributed by atoms with E-state index >= 15 is 0 Å². The summed E-state index contributed by atoms with van der Waals surface area (Å²) in [6.07, 6.45) is 0. The lowest BCUT2D eigenvalue weighted by atomic mass is 10.2. The Balaban J connectivity index is 2.90. The van der Waals surface area contributed by atoms with Gasteiger partial charge in [-0.3, -0.25) is 0 Å². The molecule has 0 saturated carbocycles. The largest absolute Gasteiger partial charge is 0.508 e. The molecule has 1 aromatic rings. The predicted molar refractivity (Wildman–Crippen MR) is 40.8 cm³/mol. The van der Waals surface area contributed by atoms with Crippen LogP contribution in [0.15, 0.2) is 18.2 Å². The summed E-state index contributed by atoms with van der Waals surface area (Å²) in [6, 6.07) is 3.99. The van der Waals surface area contributed by atoms with E-state index in [-0.39, 0.29) is 5.75 Å². The van der Waals surface area contributed by atoms with Gasteiger partial charge >= 0.3 is 0 Å². The smallest absolute Gasteiger partial charge is 0.126 e. The van der Waals surface area contributed by atoms with Gasteiger partial charge in [-0.15, -0.1) is 0 Å². The second-order valence-corrected chi connectivity index (χ2v) is 2.30. The maximum absolute atomic E-state index is 12.4. The number of hydrogen-bond acceptors (Lipinski definition) is 2. The zero-order chi connectivity index (χ0) is 8.27. The quantitative estimate of drug-likeness (QED) is 0.673. The summed E-state index contributed by atoms with van der Waals surface area (Å²) in [6.45, 7) is 0.548. The van der Waals surface area contributed by atoms with Crippen LogP contribution in [-0.2, 0) is 6.54 Å². The molecule has 0 atom stereocenters. The Morgan fingerprint density at radius 3 is 2.82 bits per heavy atom. The lowest BCUT2D eigenvalue weighted by Crippen LogP contribution is -2.04. The zero-order valence-corrected chi connectivity index (χ0v) is 6.26. The van der Waals surface area contributed by atoms with Gasteiger partial charge in [0.1, 0.15) is 11.6 Å². The number of hydrogen-bond donors (Lipinski definition) is 2. The topological polar surface area (TPSA) is 32.3 Å². The summed E-state index contributed by atoms with van der Waals surface area (Å²) in [5, 5.41) is 12.0. The summed E-state index contributed by atoms with van der Waals surface area (Å²) < 4.78 is 12.4. The molecule has 2 nitrogen and oxygen atoms in total. The molecule has 0 amide bonds. The van der Waals surface area contributed by atoms with Gasteiger partial charge in [-0.05, 0) is 13.1 Å². The number of phenols is 1. The fourth-order valence-electron chi connectivity index (χ4n) is 0.877. The van der Waals surface area contributed by atoms with Gasteiger partial charge in [0.25, 0.3) is 0 Å². The number of phenolic OH excluding ortho intramolecular Hbond substituents is 1. The molecule has 0 aliphatic rings. The zero-order valence-electron chi connectivity index (χ0n) is 6.26. The number of rotatable bonds is 2. The standard InChI is InChI=1S/C8H10FNO/c1-10-5-6-2-3-7(9)4-8(6)11/h2-4,10-11H,5H2,1H3. The monoisotopic (exact) mass is 155 g/mol. The molecule has 2 N–H and O–H groups in total. The maximum atomic E-state index is 12.4. The first kappa shape index (κ1) is 8.01. The molecule has 0 bridgehead atoms. The first-order chi connectivity index (χ1) is 5.24. The molecular weight excluding hydrogens is 145 g/mol. The average molecular weight is 155 g/mol. The first-order valence-corrected chi connectivity index (χ1v) is 3.36. The number of aromatic hydroxyl groups is 1. The minimum Gasteiger partial charge on any atom is -0.508 e. The van der Waals surface area contributed by atoms with Crippen molar-refractivity contribution in [2.75, 3.05) is 7.05 Å². The Morgan fingerprint density at radius 1 is 1.55 bits per heavy atom. The number of benzene rings is 1. The molecule has 0 heterocycles. The molecule has 1 rings (SSSR count). The van der Waals surface area contributed by atoms with Crippen molar-refractivity contribution in [3.63, 3.8) is 0 Å². The summed E-state index contributed by atoms with van der Waals surface area (Å²) in [5.74, 6) is -0.415. The van der Waals surface area contributed by atoms with E-state index in [0.717, 1.165) is 6.07 Å². The highest BCUT2D eigenvalue weighted by Crippen LogP contribution is 2.17. The molecule has 0 aromatic heterocycles. The van der Waals surface area contributed by atoms with Crippen LogP contribution in [0.3, 0.4) is 0 Å². The Morgan fingerprint density at radius 2 is 2.27 bits per heavy atom. The summed E-state index contributed by atoms with van der Waals surface area (Å²) >= 11 is 0. The number of nitrogens with one attached hydrogen (secondary N) is 1. The maximum Gasteiger partial charge on any atom is 0.126 e. The highest BCUT2D eigenvalue weighted by molar-refractivity contribution is 5.32. The van der Waals surface area contributed by atoms with E-state index in [1.807, 2.05) is 0 Å². The fourth-order valence-corrected chi connectivity index (χ4v) is 0.877. The highest BCUT2D eigenvalue weighted by Gasteiger charge is 1.99. The van der Waals surface area contributed by atoms with E-state index < -0.39 is 5.82 Å². The molecule has 0 fully saturated rings. The van der Waals surface area contributed by atoms with Crippen molar-refractivity contribution in [1.82, 2.24) is 5.32 Å². The van der Waals surface area contributed by atoms with Crippen LogP contribution in [0.2, 0.25) is 0 Å². The highest BCUT2D eigenvalue weighted by atomic mass is 19.1. The van der Waals surface area contributed by atoms with E-state index in [0.29, 0.717) is 12.1 Å². The van der Waals surface area contributed by atoms with Gasteiger partial charge in [-0.2, -0.15) is 0 Å². The molecule has 0 aliphatic carbocycles. The summed E-state index contributed by atoms with van der Waals surface area (Å²) in [7, 11) is 1.77. The van der Waals surface area contributed by atoms with Crippen LogP contribution < -0.4 is 5.32 Å². The van der Waals surface area contributed by atoms with E-state index in [2.05, 4.69) is 5.32 Å². The number of halogens is 1. The van der Waals surface area contributed by atoms with E-state index in [9.17, 15) is 4.39 Å². The third-order valence-corrected chi connectivity index (χ3v) is 1.41. The minimum atomic E-state index is -0.414. The van der Waals surface area contributed by atoms with Crippen molar-refractivity contribution in [1.29, 1.82) is 0 Å². The second-order valence-electron chi connectivity index (χ2n) is 2.30. The first-order valence-electron chi connectivity index (χ1n) is 3.36. The Labute approximate surface area is 64.7 Å². The minimum absolute atomic E-state index is 0.000602. The van der Waals surface area contributed by atoms with Gasteiger partial charge in [0.05, 0.1) is 0 Å². The lowest BCUT2D eigenvalue weighted by molar-refractivity contribution is 0.460. The van der Waals surface area contributed by atoms with E-state index in [1.54, 1.807) is 13.1 Å². The van der Waals surface area contributed by atoms with Crippen molar-refractivity contribution in [2.24, 2.45) is 0 Å².